The van der Waals surface area contributed by atoms with Gasteiger partial charge in [-0.25, -0.2) is 0 Å². The zero-order valence-corrected chi connectivity index (χ0v) is 16.3. The van der Waals surface area contributed by atoms with E-state index in [1.807, 2.05) is 4.90 Å². The fraction of sp³-hybridized carbons (Fsp3) is 0.150. The van der Waals surface area contributed by atoms with Crippen LogP contribution in [0.1, 0.15) is 10.4 Å². The second-order valence-corrected chi connectivity index (χ2v) is 7.09. The van der Waals surface area contributed by atoms with Gasteiger partial charge in [0.1, 0.15) is 0 Å². The third kappa shape index (κ3) is 3.74. The highest BCUT2D eigenvalue weighted by Crippen LogP contribution is 2.31. The summed E-state index contributed by atoms with van der Waals surface area (Å²) in [5.74, 6) is -0.540. The van der Waals surface area contributed by atoms with E-state index in [9.17, 15) is 19.7 Å². The molecule has 0 aliphatic carbocycles. The average Bonchev–Trinajstić information content (AvgIpc) is 2.72. The van der Waals surface area contributed by atoms with Gasteiger partial charge >= 0.3 is 0 Å². The van der Waals surface area contributed by atoms with E-state index in [0.717, 1.165) is 0 Å². The second-order valence-electron chi connectivity index (χ2n) is 6.68. The Morgan fingerprint density at radius 2 is 2.10 bits per heavy atom. The van der Waals surface area contributed by atoms with Crippen LogP contribution in [0.4, 0.5) is 17.1 Å². The van der Waals surface area contributed by atoms with Crippen LogP contribution in [0.15, 0.2) is 48.7 Å². The summed E-state index contributed by atoms with van der Waals surface area (Å²) in [7, 11) is 0. The Hall–Kier alpha value is -3.72. The van der Waals surface area contributed by atoms with E-state index in [2.05, 4.69) is 15.6 Å². The summed E-state index contributed by atoms with van der Waals surface area (Å²) in [6, 6.07) is 10.8. The van der Waals surface area contributed by atoms with E-state index in [4.69, 9.17) is 11.6 Å². The highest BCUT2D eigenvalue weighted by molar-refractivity contribution is 6.33. The Morgan fingerprint density at radius 3 is 2.83 bits per heavy atom. The first-order chi connectivity index (χ1) is 14.4. The lowest BCUT2D eigenvalue weighted by atomic mass is 10.1. The number of pyridine rings is 1. The molecule has 1 fully saturated rings. The van der Waals surface area contributed by atoms with Crippen LogP contribution >= 0.6 is 11.6 Å². The number of fused-ring (bicyclic) bond motifs is 1. The molecule has 30 heavy (non-hydrogen) atoms. The van der Waals surface area contributed by atoms with Gasteiger partial charge in [-0.15, -0.1) is 0 Å². The number of nitrogens with zero attached hydrogens (tertiary/aromatic N) is 3. The van der Waals surface area contributed by atoms with Crippen LogP contribution in [-0.4, -0.2) is 41.4 Å². The summed E-state index contributed by atoms with van der Waals surface area (Å²) in [5.41, 5.74) is 1.49. The van der Waals surface area contributed by atoms with E-state index < -0.39 is 10.8 Å². The zero-order valence-electron chi connectivity index (χ0n) is 15.6. The third-order valence-corrected chi connectivity index (χ3v) is 5.08. The van der Waals surface area contributed by atoms with Crippen LogP contribution in [0.3, 0.4) is 0 Å². The highest BCUT2D eigenvalue weighted by atomic mass is 35.5. The van der Waals surface area contributed by atoms with Crippen LogP contribution in [0, 0.1) is 10.1 Å². The maximum absolute atomic E-state index is 12.8. The molecule has 2 amide bonds. The Bertz CT molecular complexity index is 1180. The normalized spacial score (nSPS) is 13.8. The molecule has 152 valence electrons. The molecular formula is C20H16ClN5O4. The fourth-order valence-electron chi connectivity index (χ4n) is 3.38. The van der Waals surface area contributed by atoms with Crippen LogP contribution in [-0.2, 0) is 4.79 Å². The molecule has 9 nitrogen and oxygen atoms in total. The van der Waals surface area contributed by atoms with Gasteiger partial charge in [-0.3, -0.25) is 24.7 Å². The molecule has 3 aromatic rings. The molecule has 2 heterocycles. The quantitative estimate of drug-likeness (QED) is 0.490. The fourth-order valence-corrected chi connectivity index (χ4v) is 3.68. The van der Waals surface area contributed by atoms with E-state index >= 15 is 0 Å². The van der Waals surface area contributed by atoms with Crippen molar-refractivity contribution >= 4 is 51.4 Å². The minimum Gasteiger partial charge on any atom is -0.359 e. The molecule has 0 radical (unpaired) electrons. The minimum absolute atomic E-state index is 0.0766. The van der Waals surface area contributed by atoms with Crippen molar-refractivity contribution in [1.82, 2.24) is 10.3 Å². The molecule has 10 heteroatoms. The number of nitro benzene ring substituents is 1. The number of piperazine rings is 1. The summed E-state index contributed by atoms with van der Waals surface area (Å²) < 4.78 is 0. The van der Waals surface area contributed by atoms with Crippen LogP contribution < -0.4 is 15.5 Å². The smallest absolute Gasteiger partial charge is 0.278 e. The number of carbonyl (C=O) groups is 2. The molecule has 1 aromatic heterocycles. The van der Waals surface area contributed by atoms with Crippen LogP contribution in [0.2, 0.25) is 5.02 Å². The van der Waals surface area contributed by atoms with Gasteiger partial charge in [0.15, 0.2) is 0 Å². The number of rotatable bonds is 4. The number of halogens is 1. The predicted molar refractivity (Wildman–Crippen MR) is 113 cm³/mol. The Morgan fingerprint density at radius 1 is 1.27 bits per heavy atom. The molecule has 0 saturated carbocycles. The van der Waals surface area contributed by atoms with E-state index in [-0.39, 0.29) is 34.6 Å². The van der Waals surface area contributed by atoms with Crippen LogP contribution in [0.25, 0.3) is 10.9 Å². The van der Waals surface area contributed by atoms with Crippen molar-refractivity contribution < 1.29 is 14.5 Å². The summed E-state index contributed by atoms with van der Waals surface area (Å²) >= 11 is 6.38. The number of aromatic nitrogens is 1. The predicted octanol–water partition coefficient (Wildman–Crippen LogP) is 2.98. The number of hydrogen-bond acceptors (Lipinski definition) is 6. The number of amides is 2. The summed E-state index contributed by atoms with van der Waals surface area (Å²) in [4.78, 5) is 41.2. The number of benzene rings is 2. The zero-order chi connectivity index (χ0) is 21.3. The number of nitrogens with one attached hydrogen (secondary N) is 2. The lowest BCUT2D eigenvalue weighted by molar-refractivity contribution is -0.383. The van der Waals surface area contributed by atoms with Crippen molar-refractivity contribution in [3.05, 3.63) is 69.4 Å². The van der Waals surface area contributed by atoms with E-state index in [0.29, 0.717) is 29.5 Å². The molecule has 2 N–H and O–H groups in total. The standard InChI is InChI=1S/C20H16ClN5O4/c21-15-10-12(3-5-17(15)25-9-8-22-18(27)11-25)24-20(28)14-4-6-16(26(29)30)13-2-1-7-23-19(13)14/h1-7,10H,8-9,11H2,(H,22,27)(H,24,28). The summed E-state index contributed by atoms with van der Waals surface area (Å²) in [6.45, 7) is 1.39. The maximum Gasteiger partial charge on any atom is 0.278 e. The first-order valence-corrected chi connectivity index (χ1v) is 9.46. The second kappa shape index (κ2) is 7.96. The van der Waals surface area contributed by atoms with Crippen LogP contribution in [0.5, 0.6) is 0 Å². The maximum atomic E-state index is 12.8. The highest BCUT2D eigenvalue weighted by Gasteiger charge is 2.21. The van der Waals surface area contributed by atoms with Gasteiger partial charge in [-0.05, 0) is 36.4 Å². The van der Waals surface area contributed by atoms with Gasteiger partial charge in [0, 0.05) is 31.0 Å². The number of carbonyl (C=O) groups excluding carboxylic acids is 2. The average molecular weight is 426 g/mol. The van der Waals surface area contributed by atoms with E-state index in [1.165, 1.54) is 18.3 Å². The summed E-state index contributed by atoms with van der Waals surface area (Å²) in [6.07, 6.45) is 1.48. The molecule has 0 bridgehead atoms. The topological polar surface area (TPSA) is 117 Å². The van der Waals surface area contributed by atoms with Gasteiger partial charge in [0.25, 0.3) is 11.6 Å². The number of hydrogen-bond donors (Lipinski definition) is 2. The van der Waals surface area contributed by atoms with Gasteiger partial charge in [-0.1, -0.05) is 11.6 Å². The molecule has 4 rings (SSSR count). The Balaban J connectivity index is 1.60. The first kappa shape index (κ1) is 19.6. The molecule has 1 saturated heterocycles. The lowest BCUT2D eigenvalue weighted by Gasteiger charge is -2.29. The largest absolute Gasteiger partial charge is 0.359 e. The lowest BCUT2D eigenvalue weighted by Crippen LogP contribution is -2.47. The van der Waals surface area contributed by atoms with Crippen molar-refractivity contribution in [2.45, 2.75) is 0 Å². The summed E-state index contributed by atoms with van der Waals surface area (Å²) in [5, 5.41) is 17.4. The number of anilines is 2. The minimum atomic E-state index is -0.509. The van der Waals surface area contributed by atoms with Gasteiger partial charge in [0.05, 0.1) is 38.6 Å². The number of nitro groups is 1. The molecular weight excluding hydrogens is 410 g/mol. The van der Waals surface area contributed by atoms with Gasteiger partial charge in [-0.2, -0.15) is 0 Å². The first-order valence-electron chi connectivity index (χ1n) is 9.09. The van der Waals surface area contributed by atoms with Crippen molar-refractivity contribution in [2.75, 3.05) is 29.9 Å². The van der Waals surface area contributed by atoms with Crippen molar-refractivity contribution in [1.29, 1.82) is 0 Å². The van der Waals surface area contributed by atoms with Crippen molar-refractivity contribution in [2.24, 2.45) is 0 Å². The molecule has 0 unspecified atom stereocenters. The number of non-ortho nitro benzene ring substituents is 1. The molecule has 1 aliphatic rings. The molecule has 1 aliphatic heterocycles. The van der Waals surface area contributed by atoms with Crippen molar-refractivity contribution in [3.8, 4) is 0 Å². The van der Waals surface area contributed by atoms with Gasteiger partial charge < -0.3 is 15.5 Å². The molecule has 2 aromatic carbocycles. The SMILES string of the molecule is O=C1CN(c2ccc(NC(=O)c3ccc([N+](=O)[O-])c4cccnc34)cc2Cl)CCN1. The third-order valence-electron chi connectivity index (χ3n) is 4.77. The monoisotopic (exact) mass is 425 g/mol. The Labute approximate surface area is 175 Å². The van der Waals surface area contributed by atoms with Crippen molar-refractivity contribution in [3.63, 3.8) is 0 Å². The Kier molecular flexibility index (Phi) is 5.20. The molecule has 0 atom stereocenters. The van der Waals surface area contributed by atoms with E-state index in [1.54, 1.807) is 30.3 Å². The molecule has 0 spiro atoms. The van der Waals surface area contributed by atoms with Gasteiger partial charge in [0.2, 0.25) is 5.91 Å².